The van der Waals surface area contributed by atoms with Crippen molar-refractivity contribution in [2.24, 2.45) is 0 Å². The molecule has 0 aromatic carbocycles. The molecular weight excluding hydrogens is 191 g/mol. The molecule has 0 aliphatic carbocycles. The molecule has 5 heteroatoms. The fourth-order valence-electron chi connectivity index (χ4n) is 1.02. The molecule has 0 heterocycles. The molecule has 0 saturated carbocycles. The van der Waals surface area contributed by atoms with Crippen LogP contribution in [0.15, 0.2) is 0 Å². The quantitative estimate of drug-likeness (QED) is 0.485. The van der Waals surface area contributed by atoms with Crippen LogP contribution in [0.4, 0.5) is 0 Å². The molecule has 0 amide bonds. The number of methoxy groups -OCH3 is 2. The average Bonchev–Trinajstić information content (AvgIpc) is 2.05. The van der Waals surface area contributed by atoms with Crippen LogP contribution in [0.2, 0.25) is 0 Å². The third-order valence-corrected chi connectivity index (χ3v) is 3.74. The maximum atomic E-state index is 11.4. The van der Waals surface area contributed by atoms with Gasteiger partial charge in [0.2, 0.25) is 7.37 Å². The minimum Gasteiger partial charge on any atom is -0.385 e. The van der Waals surface area contributed by atoms with E-state index in [0.717, 1.165) is 0 Å². The first kappa shape index (κ1) is 13.1. The normalized spacial score (nSPS) is 11.9. The van der Waals surface area contributed by atoms with E-state index in [1.165, 1.54) is 0 Å². The van der Waals surface area contributed by atoms with E-state index in [0.29, 0.717) is 38.4 Å². The summed E-state index contributed by atoms with van der Waals surface area (Å²) in [5.74, 6) is 0. The lowest BCUT2D eigenvalue weighted by Gasteiger charge is -2.10. The first-order chi connectivity index (χ1) is 6.12. The van der Waals surface area contributed by atoms with Gasteiger partial charge in [-0.1, -0.05) is 0 Å². The lowest BCUT2D eigenvalue weighted by molar-refractivity contribution is 0.197. The summed E-state index contributed by atoms with van der Waals surface area (Å²) in [6.07, 6.45) is 2.00. The number of rotatable bonds is 8. The first-order valence-corrected chi connectivity index (χ1v) is 6.44. The minimum atomic E-state index is -2.91. The van der Waals surface area contributed by atoms with Gasteiger partial charge >= 0.3 is 0 Å². The van der Waals surface area contributed by atoms with Crippen LogP contribution in [-0.2, 0) is 14.0 Å². The highest BCUT2D eigenvalue weighted by molar-refractivity contribution is 7.57. The van der Waals surface area contributed by atoms with Crippen LogP contribution >= 0.6 is 7.37 Å². The van der Waals surface area contributed by atoms with E-state index in [2.05, 4.69) is 0 Å². The highest BCUT2D eigenvalue weighted by atomic mass is 31.2. The maximum Gasteiger partial charge on any atom is 0.200 e. The van der Waals surface area contributed by atoms with Gasteiger partial charge in [-0.25, -0.2) is 0 Å². The molecule has 0 spiro atoms. The topological polar surface area (TPSA) is 55.8 Å². The molecule has 0 atom stereocenters. The summed E-state index contributed by atoms with van der Waals surface area (Å²) in [5.41, 5.74) is 0. The molecule has 80 valence electrons. The van der Waals surface area contributed by atoms with Crippen LogP contribution in [0.3, 0.4) is 0 Å². The second-order valence-corrected chi connectivity index (χ2v) is 5.57. The van der Waals surface area contributed by atoms with E-state index in [4.69, 9.17) is 9.47 Å². The molecule has 1 N–H and O–H groups in total. The van der Waals surface area contributed by atoms with Gasteiger partial charge < -0.3 is 14.4 Å². The van der Waals surface area contributed by atoms with Crippen molar-refractivity contribution >= 4 is 7.37 Å². The summed E-state index contributed by atoms with van der Waals surface area (Å²) in [6.45, 7) is 1.10. The highest BCUT2D eigenvalue weighted by Crippen LogP contribution is 2.41. The van der Waals surface area contributed by atoms with Crippen molar-refractivity contribution in [2.75, 3.05) is 39.8 Å². The molecule has 13 heavy (non-hydrogen) atoms. The van der Waals surface area contributed by atoms with Crippen molar-refractivity contribution in [3.63, 3.8) is 0 Å². The van der Waals surface area contributed by atoms with Gasteiger partial charge in [0.05, 0.1) is 0 Å². The third kappa shape index (κ3) is 8.44. The Balaban J connectivity index is 3.49. The largest absolute Gasteiger partial charge is 0.385 e. The van der Waals surface area contributed by atoms with Gasteiger partial charge in [0.1, 0.15) is 0 Å². The van der Waals surface area contributed by atoms with Gasteiger partial charge in [0.15, 0.2) is 0 Å². The second kappa shape index (κ2) is 7.51. The third-order valence-electron chi connectivity index (χ3n) is 1.71. The molecule has 0 aliphatic rings. The molecule has 0 unspecified atom stereocenters. The molecular formula is C8H19O4P. The summed E-state index contributed by atoms with van der Waals surface area (Å²) in [4.78, 5) is 9.41. The fraction of sp³-hybridized carbons (Fsp3) is 1.00. The van der Waals surface area contributed by atoms with Crippen molar-refractivity contribution in [1.82, 2.24) is 0 Å². The van der Waals surface area contributed by atoms with E-state index in [-0.39, 0.29) is 0 Å². The number of ether oxygens (including phenoxy) is 2. The zero-order chi connectivity index (χ0) is 10.2. The van der Waals surface area contributed by atoms with Crippen LogP contribution < -0.4 is 0 Å². The molecule has 0 aliphatic heterocycles. The summed E-state index contributed by atoms with van der Waals surface area (Å²) >= 11 is 0. The Morgan fingerprint density at radius 2 is 1.46 bits per heavy atom. The van der Waals surface area contributed by atoms with Crippen LogP contribution in [0.25, 0.3) is 0 Å². The predicted octanol–water partition coefficient (Wildman–Crippen LogP) is 1.33. The van der Waals surface area contributed by atoms with Crippen molar-refractivity contribution in [3.8, 4) is 0 Å². The first-order valence-electron chi connectivity index (χ1n) is 4.41. The van der Waals surface area contributed by atoms with E-state index < -0.39 is 7.37 Å². The molecule has 0 radical (unpaired) electrons. The summed E-state index contributed by atoms with van der Waals surface area (Å²) in [7, 11) is 0.269. The zero-order valence-corrected chi connectivity index (χ0v) is 9.26. The van der Waals surface area contributed by atoms with Crippen molar-refractivity contribution in [1.29, 1.82) is 0 Å². The standard InChI is InChI=1S/C8H19O4P/c1-11-5-3-7-13(9,10)8-4-6-12-2/h3-8H2,1-2H3,(H,9,10). The van der Waals surface area contributed by atoms with Crippen molar-refractivity contribution in [2.45, 2.75) is 12.8 Å². The minimum absolute atomic E-state index is 0.352. The van der Waals surface area contributed by atoms with Crippen LogP contribution in [-0.4, -0.2) is 44.7 Å². The Bertz CT molecular complexity index is 146. The van der Waals surface area contributed by atoms with E-state index in [1.807, 2.05) is 0 Å². The van der Waals surface area contributed by atoms with Gasteiger partial charge in [0, 0.05) is 39.8 Å². The van der Waals surface area contributed by atoms with Crippen LogP contribution in [0.1, 0.15) is 12.8 Å². The number of hydrogen-bond donors (Lipinski definition) is 1. The van der Waals surface area contributed by atoms with Crippen molar-refractivity contribution in [3.05, 3.63) is 0 Å². The Hall–Kier alpha value is 0.110. The monoisotopic (exact) mass is 210 g/mol. The zero-order valence-electron chi connectivity index (χ0n) is 8.36. The Kier molecular flexibility index (Phi) is 7.57. The van der Waals surface area contributed by atoms with Crippen LogP contribution in [0.5, 0.6) is 0 Å². The van der Waals surface area contributed by atoms with Gasteiger partial charge in [-0.15, -0.1) is 0 Å². The molecule has 4 nitrogen and oxygen atoms in total. The highest BCUT2D eigenvalue weighted by Gasteiger charge is 2.16. The molecule has 0 fully saturated rings. The van der Waals surface area contributed by atoms with E-state index in [9.17, 15) is 9.46 Å². The Morgan fingerprint density at radius 3 is 1.77 bits per heavy atom. The molecule has 0 aromatic heterocycles. The lowest BCUT2D eigenvalue weighted by Crippen LogP contribution is -2.01. The number of hydrogen-bond acceptors (Lipinski definition) is 3. The second-order valence-electron chi connectivity index (χ2n) is 2.99. The fourth-order valence-corrected chi connectivity index (χ4v) is 2.49. The van der Waals surface area contributed by atoms with Gasteiger partial charge in [-0.05, 0) is 12.8 Å². The SMILES string of the molecule is COCCCP(=O)(O)CCCOC. The van der Waals surface area contributed by atoms with Gasteiger partial charge in [-0.3, -0.25) is 4.57 Å². The van der Waals surface area contributed by atoms with E-state index >= 15 is 0 Å². The molecule has 0 rings (SSSR count). The lowest BCUT2D eigenvalue weighted by atomic mass is 10.5. The maximum absolute atomic E-state index is 11.4. The summed E-state index contributed by atoms with van der Waals surface area (Å²) < 4.78 is 21.0. The van der Waals surface area contributed by atoms with Gasteiger partial charge in [0.25, 0.3) is 0 Å². The summed E-state index contributed by atoms with van der Waals surface area (Å²) in [6, 6.07) is 0. The summed E-state index contributed by atoms with van der Waals surface area (Å²) in [5, 5.41) is 0. The Labute approximate surface area is 79.7 Å². The average molecular weight is 210 g/mol. The van der Waals surface area contributed by atoms with Gasteiger partial charge in [-0.2, -0.15) is 0 Å². The van der Waals surface area contributed by atoms with Crippen molar-refractivity contribution < 1.29 is 18.9 Å². The molecule has 0 saturated heterocycles. The van der Waals surface area contributed by atoms with E-state index in [1.54, 1.807) is 14.2 Å². The molecule has 0 bridgehead atoms. The smallest absolute Gasteiger partial charge is 0.200 e. The predicted molar refractivity (Wildman–Crippen MR) is 52.5 cm³/mol. The van der Waals surface area contributed by atoms with Crippen LogP contribution in [0, 0.1) is 0 Å². The molecule has 0 aromatic rings. The Morgan fingerprint density at radius 1 is 1.08 bits per heavy atom.